The smallest absolute Gasteiger partial charge is 0.254 e. The highest BCUT2D eigenvalue weighted by molar-refractivity contribution is 5.94. The van der Waals surface area contributed by atoms with Gasteiger partial charge < -0.3 is 9.32 Å². The quantitative estimate of drug-likeness (QED) is 0.678. The Bertz CT molecular complexity index is 860. The first kappa shape index (κ1) is 14.8. The Morgan fingerprint density at radius 2 is 2.17 bits per heavy atom. The second-order valence-electron chi connectivity index (χ2n) is 5.98. The van der Waals surface area contributed by atoms with Gasteiger partial charge in [-0.2, -0.15) is 4.39 Å². The molecule has 1 atom stereocenters. The fourth-order valence-electron chi connectivity index (χ4n) is 3.15. The zero-order valence-electron chi connectivity index (χ0n) is 13.0. The number of hydrogen-bond donors (Lipinski definition) is 0. The molecular formula is C18H16FN3O2. The van der Waals surface area contributed by atoms with E-state index in [-0.39, 0.29) is 11.8 Å². The largest absolute Gasteiger partial charge is 0.440 e. The Morgan fingerprint density at radius 1 is 1.29 bits per heavy atom. The molecule has 3 heterocycles. The lowest BCUT2D eigenvalue weighted by Gasteiger charge is -2.31. The number of halogens is 1. The molecule has 0 saturated carbocycles. The summed E-state index contributed by atoms with van der Waals surface area (Å²) in [4.78, 5) is 22.3. The maximum absolute atomic E-state index is 13.2. The molecule has 1 aliphatic rings. The number of hydrogen-bond acceptors (Lipinski definition) is 4. The predicted molar refractivity (Wildman–Crippen MR) is 86.1 cm³/mol. The average Bonchev–Trinajstić information content (AvgIpc) is 3.05. The minimum absolute atomic E-state index is 0.0572. The van der Waals surface area contributed by atoms with E-state index in [4.69, 9.17) is 4.42 Å². The van der Waals surface area contributed by atoms with Gasteiger partial charge in [-0.3, -0.25) is 4.79 Å². The third-order valence-electron chi connectivity index (χ3n) is 4.34. The summed E-state index contributed by atoms with van der Waals surface area (Å²) < 4.78 is 19.1. The normalized spacial score (nSPS) is 18.0. The number of rotatable bonds is 2. The van der Waals surface area contributed by atoms with E-state index < -0.39 is 5.95 Å². The molecule has 24 heavy (non-hydrogen) atoms. The fourth-order valence-corrected chi connectivity index (χ4v) is 3.15. The molecule has 6 heteroatoms. The van der Waals surface area contributed by atoms with Crippen molar-refractivity contribution >= 4 is 17.0 Å². The molecule has 4 rings (SSSR count). The second kappa shape index (κ2) is 6.03. The molecule has 0 radical (unpaired) electrons. The molecule has 0 spiro atoms. The van der Waals surface area contributed by atoms with Crippen LogP contribution in [0.15, 0.2) is 47.0 Å². The Kier molecular flexibility index (Phi) is 3.72. The molecule has 1 amide bonds. The first-order valence-corrected chi connectivity index (χ1v) is 7.97. The van der Waals surface area contributed by atoms with Crippen LogP contribution in [-0.2, 0) is 0 Å². The number of fused-ring (bicyclic) bond motifs is 1. The number of oxazole rings is 1. The minimum atomic E-state index is -0.645. The van der Waals surface area contributed by atoms with Crippen LogP contribution >= 0.6 is 0 Å². The van der Waals surface area contributed by atoms with Crippen LogP contribution in [0.1, 0.15) is 35.0 Å². The number of nitrogens with zero attached hydrogens (tertiary/aromatic N) is 3. The highest BCUT2D eigenvalue weighted by Gasteiger charge is 2.28. The molecule has 5 nitrogen and oxygen atoms in total. The lowest BCUT2D eigenvalue weighted by Crippen LogP contribution is -2.39. The molecular weight excluding hydrogens is 309 g/mol. The van der Waals surface area contributed by atoms with E-state index >= 15 is 0 Å². The van der Waals surface area contributed by atoms with Crippen LogP contribution in [0.5, 0.6) is 0 Å². The predicted octanol–water partition coefficient (Wildman–Crippen LogP) is 3.38. The molecule has 1 saturated heterocycles. The number of aromatic nitrogens is 2. The minimum Gasteiger partial charge on any atom is -0.440 e. The van der Waals surface area contributed by atoms with Crippen molar-refractivity contribution in [3.8, 4) is 0 Å². The van der Waals surface area contributed by atoms with Crippen LogP contribution in [0.25, 0.3) is 11.1 Å². The number of amides is 1. The average molecular weight is 325 g/mol. The van der Waals surface area contributed by atoms with Crippen LogP contribution in [0.4, 0.5) is 4.39 Å². The Balaban J connectivity index is 1.56. The molecule has 2 aromatic heterocycles. The number of pyridine rings is 1. The highest BCUT2D eigenvalue weighted by atomic mass is 19.1. The van der Waals surface area contributed by atoms with Crippen LogP contribution in [0, 0.1) is 5.95 Å². The molecule has 1 fully saturated rings. The number of carbonyl (C=O) groups excluding carboxylic acids is 1. The van der Waals surface area contributed by atoms with Gasteiger partial charge in [0.1, 0.15) is 5.52 Å². The van der Waals surface area contributed by atoms with Gasteiger partial charge in [0.2, 0.25) is 5.95 Å². The number of likely N-dealkylation sites (tertiary alicyclic amines) is 1. The van der Waals surface area contributed by atoms with Crippen molar-refractivity contribution in [1.29, 1.82) is 0 Å². The van der Waals surface area contributed by atoms with Crippen molar-refractivity contribution in [3.05, 3.63) is 60.0 Å². The SMILES string of the molecule is O=C(c1ccnc(F)c1)N1CCCC(c2nc3ccccc3o2)C1. The van der Waals surface area contributed by atoms with Crippen molar-refractivity contribution in [3.63, 3.8) is 0 Å². The Morgan fingerprint density at radius 3 is 3.00 bits per heavy atom. The van der Waals surface area contributed by atoms with Gasteiger partial charge in [-0.25, -0.2) is 9.97 Å². The maximum atomic E-state index is 13.2. The zero-order valence-corrected chi connectivity index (χ0v) is 13.0. The topological polar surface area (TPSA) is 59.2 Å². The zero-order chi connectivity index (χ0) is 16.5. The fraction of sp³-hybridized carbons (Fsp3) is 0.278. The van der Waals surface area contributed by atoms with Crippen molar-refractivity contribution in [2.75, 3.05) is 13.1 Å². The molecule has 1 aromatic carbocycles. The monoisotopic (exact) mass is 325 g/mol. The summed E-state index contributed by atoms with van der Waals surface area (Å²) in [7, 11) is 0. The van der Waals surface area contributed by atoms with Crippen LogP contribution in [-0.4, -0.2) is 33.9 Å². The molecule has 0 bridgehead atoms. The first-order valence-electron chi connectivity index (χ1n) is 7.97. The summed E-state index contributed by atoms with van der Waals surface area (Å²) in [5, 5.41) is 0. The summed E-state index contributed by atoms with van der Waals surface area (Å²) in [6, 6.07) is 10.3. The summed E-state index contributed by atoms with van der Waals surface area (Å²) in [5.41, 5.74) is 1.90. The third-order valence-corrected chi connectivity index (χ3v) is 4.34. The van der Waals surface area contributed by atoms with Gasteiger partial charge in [-0.05, 0) is 31.0 Å². The lowest BCUT2D eigenvalue weighted by atomic mass is 9.97. The number of benzene rings is 1. The van der Waals surface area contributed by atoms with Gasteiger partial charge in [-0.1, -0.05) is 12.1 Å². The number of piperidine rings is 1. The van der Waals surface area contributed by atoms with Gasteiger partial charge >= 0.3 is 0 Å². The van der Waals surface area contributed by atoms with Crippen molar-refractivity contribution in [1.82, 2.24) is 14.9 Å². The van der Waals surface area contributed by atoms with Crippen molar-refractivity contribution in [2.45, 2.75) is 18.8 Å². The van der Waals surface area contributed by atoms with Crippen LogP contribution < -0.4 is 0 Å². The summed E-state index contributed by atoms with van der Waals surface area (Å²) >= 11 is 0. The van der Waals surface area contributed by atoms with Gasteiger partial charge in [0, 0.05) is 30.9 Å². The second-order valence-corrected chi connectivity index (χ2v) is 5.98. The lowest BCUT2D eigenvalue weighted by molar-refractivity contribution is 0.0698. The van der Waals surface area contributed by atoms with E-state index in [9.17, 15) is 9.18 Å². The first-order chi connectivity index (χ1) is 11.7. The molecule has 0 aliphatic carbocycles. The van der Waals surface area contributed by atoms with E-state index in [1.165, 1.54) is 18.3 Å². The molecule has 0 N–H and O–H groups in total. The number of para-hydroxylation sites is 2. The molecule has 3 aromatic rings. The molecule has 122 valence electrons. The summed E-state index contributed by atoms with van der Waals surface area (Å²) in [6.45, 7) is 1.18. The van der Waals surface area contributed by atoms with Gasteiger partial charge in [0.05, 0.1) is 5.92 Å². The van der Waals surface area contributed by atoms with Crippen molar-refractivity contribution < 1.29 is 13.6 Å². The third kappa shape index (κ3) is 2.75. The Hall–Kier alpha value is -2.76. The van der Waals surface area contributed by atoms with Crippen LogP contribution in [0.3, 0.4) is 0 Å². The van der Waals surface area contributed by atoms with E-state index in [0.29, 0.717) is 24.5 Å². The summed E-state index contributed by atoms with van der Waals surface area (Å²) in [5.74, 6) is -0.109. The number of carbonyl (C=O) groups is 1. The highest BCUT2D eigenvalue weighted by Crippen LogP contribution is 2.29. The van der Waals surface area contributed by atoms with Crippen LogP contribution in [0.2, 0.25) is 0 Å². The standard InChI is InChI=1S/C18H16FN3O2/c19-16-10-12(7-8-20-16)18(23)22-9-3-4-13(11-22)17-21-14-5-1-2-6-15(14)24-17/h1-2,5-8,10,13H,3-4,9,11H2. The molecule has 1 unspecified atom stereocenters. The van der Waals surface area contributed by atoms with E-state index in [0.717, 1.165) is 23.9 Å². The van der Waals surface area contributed by atoms with Crippen molar-refractivity contribution in [2.24, 2.45) is 0 Å². The Labute approximate surface area is 138 Å². The summed E-state index contributed by atoms with van der Waals surface area (Å²) in [6.07, 6.45) is 3.09. The molecule has 1 aliphatic heterocycles. The van der Waals surface area contributed by atoms with Gasteiger partial charge in [0.25, 0.3) is 5.91 Å². The van der Waals surface area contributed by atoms with Gasteiger partial charge in [0.15, 0.2) is 11.5 Å². The van der Waals surface area contributed by atoms with E-state index in [1.54, 1.807) is 4.90 Å². The van der Waals surface area contributed by atoms with E-state index in [1.807, 2.05) is 24.3 Å². The van der Waals surface area contributed by atoms with Gasteiger partial charge in [-0.15, -0.1) is 0 Å². The maximum Gasteiger partial charge on any atom is 0.254 e. The van der Waals surface area contributed by atoms with E-state index in [2.05, 4.69) is 9.97 Å².